The maximum absolute atomic E-state index is 12.3. The van der Waals surface area contributed by atoms with Crippen LogP contribution in [-0.4, -0.2) is 47.9 Å². The third kappa shape index (κ3) is 7.25. The number of carbonyl (C=O) groups excluding carboxylic acids is 3. The second-order valence-electron chi connectivity index (χ2n) is 7.65. The number of hydrogen-bond acceptors (Lipinski definition) is 4. The molecule has 1 aromatic carbocycles. The number of carbonyl (C=O) groups is 3. The molecule has 0 spiro atoms. The summed E-state index contributed by atoms with van der Waals surface area (Å²) < 4.78 is 5.17. The maximum Gasteiger partial charge on any atom is 0.325 e. The molecular weight excluding hydrogens is 344 g/mol. The van der Waals surface area contributed by atoms with E-state index >= 15 is 0 Å². The van der Waals surface area contributed by atoms with Crippen LogP contribution in [0.2, 0.25) is 0 Å². The number of piperidine rings is 1. The summed E-state index contributed by atoms with van der Waals surface area (Å²) in [5, 5.41) is 2.63. The van der Waals surface area contributed by atoms with Gasteiger partial charge in [-0.1, -0.05) is 30.3 Å². The first kappa shape index (κ1) is 20.7. The molecular formula is C21H28N2O4. The molecule has 0 unspecified atom stereocenters. The van der Waals surface area contributed by atoms with Crippen LogP contribution in [0.25, 0.3) is 6.08 Å². The third-order valence-electron chi connectivity index (χ3n) is 4.22. The van der Waals surface area contributed by atoms with Gasteiger partial charge in [0.1, 0.15) is 12.1 Å². The Morgan fingerprint density at radius 1 is 1.15 bits per heavy atom. The molecule has 0 atom stereocenters. The van der Waals surface area contributed by atoms with Gasteiger partial charge in [0.25, 0.3) is 0 Å². The van der Waals surface area contributed by atoms with Crippen LogP contribution in [0.15, 0.2) is 36.4 Å². The van der Waals surface area contributed by atoms with E-state index in [1.54, 1.807) is 37.8 Å². The van der Waals surface area contributed by atoms with Crippen molar-refractivity contribution in [1.82, 2.24) is 10.2 Å². The zero-order chi connectivity index (χ0) is 19.9. The Balaban J connectivity index is 1.74. The van der Waals surface area contributed by atoms with Gasteiger partial charge >= 0.3 is 5.97 Å². The summed E-state index contributed by atoms with van der Waals surface area (Å²) in [6, 6.07) is 9.64. The first-order chi connectivity index (χ1) is 12.7. The highest BCUT2D eigenvalue weighted by atomic mass is 16.6. The van der Waals surface area contributed by atoms with E-state index in [0.29, 0.717) is 25.9 Å². The van der Waals surface area contributed by atoms with Crippen molar-refractivity contribution >= 4 is 23.9 Å². The van der Waals surface area contributed by atoms with Crippen LogP contribution >= 0.6 is 0 Å². The number of likely N-dealkylation sites (tertiary alicyclic amines) is 1. The quantitative estimate of drug-likeness (QED) is 0.636. The van der Waals surface area contributed by atoms with Gasteiger partial charge in [-0.2, -0.15) is 0 Å². The van der Waals surface area contributed by atoms with Crippen LogP contribution in [0, 0.1) is 5.92 Å². The third-order valence-corrected chi connectivity index (χ3v) is 4.22. The number of benzene rings is 1. The molecule has 146 valence electrons. The van der Waals surface area contributed by atoms with Crippen LogP contribution < -0.4 is 5.32 Å². The van der Waals surface area contributed by atoms with E-state index in [9.17, 15) is 14.4 Å². The zero-order valence-electron chi connectivity index (χ0n) is 16.2. The summed E-state index contributed by atoms with van der Waals surface area (Å²) in [6.07, 6.45) is 4.54. The van der Waals surface area contributed by atoms with Gasteiger partial charge in [0, 0.05) is 25.1 Å². The predicted molar refractivity (Wildman–Crippen MR) is 104 cm³/mol. The molecule has 6 heteroatoms. The lowest BCUT2D eigenvalue weighted by Crippen LogP contribution is -2.44. The monoisotopic (exact) mass is 372 g/mol. The molecule has 0 saturated carbocycles. The number of ether oxygens (including phenoxy) is 1. The zero-order valence-corrected chi connectivity index (χ0v) is 16.2. The lowest BCUT2D eigenvalue weighted by atomic mass is 9.96. The largest absolute Gasteiger partial charge is 0.459 e. The highest BCUT2D eigenvalue weighted by molar-refractivity contribution is 5.92. The lowest BCUT2D eigenvalue weighted by Gasteiger charge is -2.30. The van der Waals surface area contributed by atoms with E-state index in [-0.39, 0.29) is 24.3 Å². The van der Waals surface area contributed by atoms with Gasteiger partial charge in [-0.05, 0) is 45.3 Å². The van der Waals surface area contributed by atoms with Crippen molar-refractivity contribution in [2.75, 3.05) is 19.6 Å². The first-order valence-corrected chi connectivity index (χ1v) is 9.26. The van der Waals surface area contributed by atoms with E-state index < -0.39 is 11.6 Å². The number of esters is 1. The molecule has 0 radical (unpaired) electrons. The summed E-state index contributed by atoms with van der Waals surface area (Å²) in [7, 11) is 0. The average Bonchev–Trinajstić information content (AvgIpc) is 2.64. The summed E-state index contributed by atoms with van der Waals surface area (Å²) in [4.78, 5) is 37.9. The number of amides is 2. The molecule has 1 N–H and O–H groups in total. The standard InChI is InChI=1S/C21H28N2O4/c1-21(2,3)27-19(25)15-22-20(26)17-11-13-23(14-12-17)18(24)10-9-16-7-5-4-6-8-16/h4-10,17H,11-15H2,1-3H3,(H,22,26)/b10-9+. The van der Waals surface area contributed by atoms with Crippen molar-refractivity contribution in [3.8, 4) is 0 Å². The molecule has 0 aromatic heterocycles. The molecule has 0 aliphatic carbocycles. The summed E-state index contributed by atoms with van der Waals surface area (Å²) in [5.41, 5.74) is 0.406. The molecule has 1 aliphatic rings. The molecule has 1 aromatic rings. The fourth-order valence-corrected chi connectivity index (χ4v) is 2.88. The van der Waals surface area contributed by atoms with E-state index in [4.69, 9.17) is 4.74 Å². The molecule has 1 saturated heterocycles. The SMILES string of the molecule is CC(C)(C)OC(=O)CNC(=O)C1CCN(C(=O)/C=C/c2ccccc2)CC1. The fourth-order valence-electron chi connectivity index (χ4n) is 2.88. The Morgan fingerprint density at radius 3 is 2.37 bits per heavy atom. The van der Waals surface area contributed by atoms with Crippen LogP contribution in [0.5, 0.6) is 0 Å². The molecule has 0 bridgehead atoms. The second-order valence-corrected chi connectivity index (χ2v) is 7.65. The number of hydrogen-bond donors (Lipinski definition) is 1. The molecule has 2 rings (SSSR count). The van der Waals surface area contributed by atoms with Crippen LogP contribution in [-0.2, 0) is 19.1 Å². The van der Waals surface area contributed by atoms with Crippen molar-refractivity contribution in [3.05, 3.63) is 42.0 Å². The minimum Gasteiger partial charge on any atom is -0.459 e. The van der Waals surface area contributed by atoms with E-state index in [1.165, 1.54) is 0 Å². The van der Waals surface area contributed by atoms with Gasteiger partial charge in [0.2, 0.25) is 11.8 Å². The summed E-state index contributed by atoms with van der Waals surface area (Å²) in [5.74, 6) is -0.844. The van der Waals surface area contributed by atoms with E-state index in [2.05, 4.69) is 5.32 Å². The molecule has 1 heterocycles. The highest BCUT2D eigenvalue weighted by Gasteiger charge is 2.27. The second kappa shape index (κ2) is 9.35. The van der Waals surface area contributed by atoms with Gasteiger partial charge in [-0.3, -0.25) is 14.4 Å². The van der Waals surface area contributed by atoms with Gasteiger partial charge in [0.15, 0.2) is 0 Å². The first-order valence-electron chi connectivity index (χ1n) is 9.26. The van der Waals surface area contributed by atoms with Crippen molar-refractivity contribution in [2.45, 2.75) is 39.2 Å². The smallest absolute Gasteiger partial charge is 0.325 e. The van der Waals surface area contributed by atoms with Crippen LogP contribution in [0.3, 0.4) is 0 Å². The van der Waals surface area contributed by atoms with Gasteiger partial charge in [-0.25, -0.2) is 0 Å². The number of nitrogens with one attached hydrogen (secondary N) is 1. The van der Waals surface area contributed by atoms with Crippen LogP contribution in [0.4, 0.5) is 0 Å². The summed E-state index contributed by atoms with van der Waals surface area (Å²) in [6.45, 7) is 6.28. The Hall–Kier alpha value is -2.63. The minimum absolute atomic E-state index is 0.0496. The average molecular weight is 372 g/mol. The molecule has 6 nitrogen and oxygen atoms in total. The van der Waals surface area contributed by atoms with E-state index in [0.717, 1.165) is 5.56 Å². The fraction of sp³-hybridized carbons (Fsp3) is 0.476. The van der Waals surface area contributed by atoms with Crippen molar-refractivity contribution < 1.29 is 19.1 Å². The Morgan fingerprint density at radius 2 is 1.78 bits per heavy atom. The van der Waals surface area contributed by atoms with Crippen molar-refractivity contribution in [1.29, 1.82) is 0 Å². The Labute approximate surface area is 160 Å². The number of nitrogens with zero attached hydrogens (tertiary/aromatic N) is 1. The molecule has 1 fully saturated rings. The van der Waals surface area contributed by atoms with Gasteiger partial charge < -0.3 is 15.0 Å². The lowest BCUT2D eigenvalue weighted by molar-refractivity contribution is -0.154. The normalized spacial score (nSPS) is 15.6. The maximum atomic E-state index is 12.3. The van der Waals surface area contributed by atoms with Crippen LogP contribution in [0.1, 0.15) is 39.2 Å². The van der Waals surface area contributed by atoms with E-state index in [1.807, 2.05) is 30.3 Å². The molecule has 1 aliphatic heterocycles. The van der Waals surface area contributed by atoms with Gasteiger partial charge in [-0.15, -0.1) is 0 Å². The Kier molecular flexibility index (Phi) is 7.16. The minimum atomic E-state index is -0.569. The molecule has 2 amide bonds. The predicted octanol–water partition coefficient (Wildman–Crippen LogP) is 2.40. The molecule has 27 heavy (non-hydrogen) atoms. The summed E-state index contributed by atoms with van der Waals surface area (Å²) >= 11 is 0. The Bertz CT molecular complexity index is 684. The van der Waals surface area contributed by atoms with Crippen molar-refractivity contribution in [2.24, 2.45) is 5.92 Å². The topological polar surface area (TPSA) is 75.7 Å². The van der Waals surface area contributed by atoms with Crippen molar-refractivity contribution in [3.63, 3.8) is 0 Å². The number of rotatable bonds is 5. The highest BCUT2D eigenvalue weighted by Crippen LogP contribution is 2.18. The van der Waals surface area contributed by atoms with Gasteiger partial charge in [0.05, 0.1) is 0 Å².